The summed E-state index contributed by atoms with van der Waals surface area (Å²) in [5, 5.41) is 11.5. The molecule has 0 aromatic heterocycles. The van der Waals surface area contributed by atoms with Gasteiger partial charge in [-0.15, -0.1) is 0 Å². The molecule has 1 unspecified atom stereocenters. The lowest BCUT2D eigenvalue weighted by Gasteiger charge is -2.42. The van der Waals surface area contributed by atoms with E-state index in [0.29, 0.717) is 0 Å². The molecule has 2 aliphatic rings. The lowest BCUT2D eigenvalue weighted by Crippen LogP contribution is -2.51. The number of nitrogens with zero attached hydrogens (tertiary/aromatic N) is 1. The van der Waals surface area contributed by atoms with Gasteiger partial charge in [0.2, 0.25) is 0 Å². The number of aliphatic hydroxyl groups is 1. The SMILES string of the molecule is CCCCN1C=C2CCCCC2=CC1(C=S)CO. The largest absolute Gasteiger partial charge is 0.393 e. The molecule has 100 valence electrons. The van der Waals surface area contributed by atoms with E-state index in [1.807, 2.05) is 0 Å². The fourth-order valence-electron chi connectivity index (χ4n) is 2.83. The van der Waals surface area contributed by atoms with E-state index in [2.05, 4.69) is 24.1 Å². The van der Waals surface area contributed by atoms with Gasteiger partial charge in [-0.25, -0.2) is 0 Å². The lowest BCUT2D eigenvalue weighted by atomic mass is 9.82. The maximum atomic E-state index is 9.79. The molecule has 0 aromatic rings. The Hall–Kier alpha value is -0.670. The second-order valence-corrected chi connectivity index (χ2v) is 5.58. The summed E-state index contributed by atoms with van der Waals surface area (Å²) < 4.78 is 0. The van der Waals surface area contributed by atoms with Gasteiger partial charge in [-0.1, -0.05) is 25.6 Å². The Morgan fingerprint density at radius 1 is 1.39 bits per heavy atom. The summed E-state index contributed by atoms with van der Waals surface area (Å²) in [5.74, 6) is 0. The molecule has 1 atom stereocenters. The molecular formula is C15H23NOS. The Morgan fingerprint density at radius 3 is 2.72 bits per heavy atom. The fourth-order valence-corrected chi connectivity index (χ4v) is 3.11. The van der Waals surface area contributed by atoms with E-state index in [1.54, 1.807) is 5.37 Å². The van der Waals surface area contributed by atoms with Gasteiger partial charge < -0.3 is 10.0 Å². The van der Waals surface area contributed by atoms with E-state index in [9.17, 15) is 5.11 Å². The van der Waals surface area contributed by atoms with Gasteiger partial charge in [0.05, 0.1) is 6.61 Å². The number of unbranched alkanes of at least 4 members (excludes halogenated alkanes) is 1. The summed E-state index contributed by atoms with van der Waals surface area (Å²) >= 11 is 5.20. The van der Waals surface area contributed by atoms with Crippen molar-refractivity contribution in [3.05, 3.63) is 23.4 Å². The molecule has 0 amide bonds. The lowest BCUT2D eigenvalue weighted by molar-refractivity contribution is 0.153. The molecule has 1 fully saturated rings. The van der Waals surface area contributed by atoms with Gasteiger partial charge in [0, 0.05) is 18.1 Å². The molecule has 1 aliphatic carbocycles. The minimum Gasteiger partial charge on any atom is -0.393 e. The average molecular weight is 265 g/mol. The van der Waals surface area contributed by atoms with Gasteiger partial charge in [0.25, 0.3) is 0 Å². The highest BCUT2D eigenvalue weighted by molar-refractivity contribution is 7.79. The van der Waals surface area contributed by atoms with Crippen molar-refractivity contribution in [1.29, 1.82) is 0 Å². The van der Waals surface area contributed by atoms with Crippen molar-refractivity contribution in [2.75, 3.05) is 13.2 Å². The van der Waals surface area contributed by atoms with Crippen molar-refractivity contribution < 1.29 is 5.11 Å². The zero-order valence-corrected chi connectivity index (χ0v) is 12.0. The first-order chi connectivity index (χ1) is 8.75. The van der Waals surface area contributed by atoms with Crippen LogP contribution in [0.25, 0.3) is 0 Å². The van der Waals surface area contributed by atoms with Gasteiger partial charge in [-0.2, -0.15) is 0 Å². The first kappa shape index (κ1) is 13.8. The number of rotatable bonds is 5. The van der Waals surface area contributed by atoms with Crippen LogP contribution < -0.4 is 0 Å². The van der Waals surface area contributed by atoms with Gasteiger partial charge >= 0.3 is 0 Å². The second kappa shape index (κ2) is 5.98. The Balaban J connectivity index is 2.28. The van der Waals surface area contributed by atoms with E-state index in [1.165, 1.54) is 30.4 Å². The molecule has 1 saturated carbocycles. The molecule has 1 N–H and O–H groups in total. The predicted molar refractivity (Wildman–Crippen MR) is 79.7 cm³/mol. The van der Waals surface area contributed by atoms with Crippen LogP contribution in [0.5, 0.6) is 0 Å². The number of thiocarbonyl (C=S) groups is 1. The molecule has 0 radical (unpaired) electrons. The van der Waals surface area contributed by atoms with Crippen LogP contribution in [-0.2, 0) is 0 Å². The molecule has 0 bridgehead atoms. The number of hydrogen-bond donors (Lipinski definition) is 1. The zero-order chi connectivity index (χ0) is 13.0. The molecule has 18 heavy (non-hydrogen) atoms. The summed E-state index contributed by atoms with van der Waals surface area (Å²) in [7, 11) is 0. The van der Waals surface area contributed by atoms with Crippen LogP contribution in [0.3, 0.4) is 0 Å². The van der Waals surface area contributed by atoms with Crippen molar-refractivity contribution in [3.63, 3.8) is 0 Å². The van der Waals surface area contributed by atoms with Crippen molar-refractivity contribution in [1.82, 2.24) is 4.90 Å². The highest BCUT2D eigenvalue weighted by Crippen LogP contribution is 2.36. The fraction of sp³-hybridized carbons (Fsp3) is 0.667. The third-order valence-electron chi connectivity index (χ3n) is 4.04. The zero-order valence-electron chi connectivity index (χ0n) is 11.2. The molecule has 0 saturated heterocycles. The molecular weight excluding hydrogens is 242 g/mol. The van der Waals surface area contributed by atoms with Gasteiger partial charge in [0.15, 0.2) is 0 Å². The minimum atomic E-state index is -0.444. The number of fused-ring (bicyclic) bond motifs is 1. The quantitative estimate of drug-likeness (QED) is 0.772. The number of allylic oxidation sites excluding steroid dienone is 2. The Kier molecular flexibility index (Phi) is 4.57. The first-order valence-electron chi connectivity index (χ1n) is 7.02. The van der Waals surface area contributed by atoms with Crippen LogP contribution in [0.1, 0.15) is 45.4 Å². The van der Waals surface area contributed by atoms with Crippen molar-refractivity contribution in [2.45, 2.75) is 51.0 Å². The minimum absolute atomic E-state index is 0.0769. The summed E-state index contributed by atoms with van der Waals surface area (Å²) in [5.41, 5.74) is 2.42. The van der Waals surface area contributed by atoms with Gasteiger partial charge in [-0.05, 0) is 49.3 Å². The summed E-state index contributed by atoms with van der Waals surface area (Å²) in [6, 6.07) is 0. The number of hydrogen-bond acceptors (Lipinski definition) is 3. The van der Waals surface area contributed by atoms with Crippen molar-refractivity contribution >= 4 is 17.6 Å². The molecule has 0 aromatic carbocycles. The number of aliphatic hydroxyl groups excluding tert-OH is 1. The Labute approximate surface area is 115 Å². The highest BCUT2D eigenvalue weighted by Gasteiger charge is 2.34. The summed E-state index contributed by atoms with van der Waals surface area (Å²) in [6.45, 7) is 3.24. The van der Waals surface area contributed by atoms with E-state index in [0.717, 1.165) is 25.8 Å². The monoisotopic (exact) mass is 265 g/mol. The van der Waals surface area contributed by atoms with Crippen LogP contribution >= 0.6 is 12.2 Å². The van der Waals surface area contributed by atoms with Crippen LogP contribution in [0, 0.1) is 0 Å². The normalized spacial score (nSPS) is 27.3. The molecule has 3 heteroatoms. The molecule has 1 aliphatic heterocycles. The van der Waals surface area contributed by atoms with Gasteiger partial charge in [-0.3, -0.25) is 0 Å². The van der Waals surface area contributed by atoms with E-state index < -0.39 is 5.54 Å². The first-order valence-corrected chi connectivity index (χ1v) is 7.49. The third kappa shape index (κ3) is 2.52. The summed E-state index contributed by atoms with van der Waals surface area (Å²) in [6.07, 6.45) is 11.6. The average Bonchev–Trinajstić information content (AvgIpc) is 2.43. The van der Waals surface area contributed by atoms with E-state index >= 15 is 0 Å². The van der Waals surface area contributed by atoms with Crippen LogP contribution in [0.2, 0.25) is 0 Å². The standard InChI is InChI=1S/C15H23NOS/c1-2-3-8-16-10-14-7-5-4-6-13(14)9-15(16,11-17)12-18/h9-10,12,17H,2-8,11H2,1H3. The van der Waals surface area contributed by atoms with Crippen molar-refractivity contribution in [2.24, 2.45) is 0 Å². The molecule has 2 nitrogen and oxygen atoms in total. The third-order valence-corrected chi connectivity index (χ3v) is 4.44. The smallest absolute Gasteiger partial charge is 0.110 e. The van der Waals surface area contributed by atoms with Gasteiger partial charge in [0.1, 0.15) is 5.54 Å². The maximum absolute atomic E-state index is 9.79. The molecule has 0 spiro atoms. The van der Waals surface area contributed by atoms with Crippen LogP contribution in [0.4, 0.5) is 0 Å². The topological polar surface area (TPSA) is 23.5 Å². The maximum Gasteiger partial charge on any atom is 0.110 e. The Morgan fingerprint density at radius 2 is 2.11 bits per heavy atom. The molecule has 2 rings (SSSR count). The summed E-state index contributed by atoms with van der Waals surface area (Å²) in [4.78, 5) is 2.24. The predicted octanol–water partition coefficient (Wildman–Crippen LogP) is 3.22. The van der Waals surface area contributed by atoms with Crippen LogP contribution in [0.15, 0.2) is 23.4 Å². The Bertz CT molecular complexity index is 375. The van der Waals surface area contributed by atoms with E-state index in [4.69, 9.17) is 12.2 Å². The molecule has 1 heterocycles. The van der Waals surface area contributed by atoms with Crippen LogP contribution in [-0.4, -0.2) is 34.1 Å². The van der Waals surface area contributed by atoms with Crippen molar-refractivity contribution in [3.8, 4) is 0 Å². The highest BCUT2D eigenvalue weighted by atomic mass is 32.1. The van der Waals surface area contributed by atoms with E-state index in [-0.39, 0.29) is 6.61 Å². The second-order valence-electron chi connectivity index (χ2n) is 5.35.